The van der Waals surface area contributed by atoms with Crippen LogP contribution in [0.25, 0.3) is 0 Å². The van der Waals surface area contributed by atoms with Crippen molar-refractivity contribution in [3.05, 3.63) is 48.2 Å². The second-order valence-corrected chi connectivity index (χ2v) is 8.97. The van der Waals surface area contributed by atoms with Crippen LogP contribution in [0, 0.1) is 0 Å². The molecular formula is C19H25N5O3S. The molecule has 0 aliphatic carbocycles. The van der Waals surface area contributed by atoms with Crippen molar-refractivity contribution in [1.82, 2.24) is 14.5 Å². The summed E-state index contributed by atoms with van der Waals surface area (Å²) in [6.07, 6.45) is 1.77. The highest BCUT2D eigenvalue weighted by atomic mass is 32.2. The fraction of sp³-hybridized carbons (Fsp3) is 0.474. The van der Waals surface area contributed by atoms with Crippen molar-refractivity contribution < 1.29 is 13.2 Å². The monoisotopic (exact) mass is 403 g/mol. The summed E-state index contributed by atoms with van der Waals surface area (Å²) in [5.41, 5.74) is 1.85. The molecule has 2 aliphatic rings. The van der Waals surface area contributed by atoms with Crippen LogP contribution in [0.5, 0.6) is 0 Å². The first kappa shape index (κ1) is 19.1. The van der Waals surface area contributed by atoms with Crippen LogP contribution in [0.15, 0.2) is 42.6 Å². The van der Waals surface area contributed by atoms with Crippen LogP contribution in [0.4, 0.5) is 11.5 Å². The van der Waals surface area contributed by atoms with Gasteiger partial charge in [-0.2, -0.15) is 9.40 Å². The fourth-order valence-electron chi connectivity index (χ4n) is 3.57. The third kappa shape index (κ3) is 4.43. The highest BCUT2D eigenvalue weighted by Gasteiger charge is 2.28. The molecular weight excluding hydrogens is 378 g/mol. The maximum Gasteiger partial charge on any atom is 0.218 e. The predicted molar refractivity (Wildman–Crippen MR) is 108 cm³/mol. The molecule has 0 N–H and O–H groups in total. The lowest BCUT2D eigenvalue weighted by Gasteiger charge is -2.35. The Morgan fingerprint density at radius 1 is 0.929 bits per heavy atom. The lowest BCUT2D eigenvalue weighted by Crippen LogP contribution is -2.49. The Morgan fingerprint density at radius 3 is 2.36 bits per heavy atom. The number of piperazine rings is 1. The molecule has 2 aromatic rings. The molecule has 0 radical (unpaired) electrons. The minimum atomic E-state index is -3.32. The largest absolute Gasteiger partial charge is 0.378 e. The summed E-state index contributed by atoms with van der Waals surface area (Å²) in [5.74, 6) is 0.837. The quantitative estimate of drug-likeness (QED) is 0.736. The zero-order chi connectivity index (χ0) is 19.4. The first-order valence-corrected chi connectivity index (χ1v) is 11.1. The van der Waals surface area contributed by atoms with Crippen molar-refractivity contribution in [2.24, 2.45) is 0 Å². The number of rotatable bonds is 5. The molecule has 0 atom stereocenters. The van der Waals surface area contributed by atoms with E-state index in [1.54, 1.807) is 10.5 Å². The molecule has 0 saturated carbocycles. The van der Waals surface area contributed by atoms with Crippen LogP contribution in [-0.4, -0.2) is 75.4 Å². The van der Waals surface area contributed by atoms with Gasteiger partial charge in [0.1, 0.15) is 0 Å². The molecule has 2 fully saturated rings. The average molecular weight is 404 g/mol. The molecule has 0 spiro atoms. The zero-order valence-corrected chi connectivity index (χ0v) is 16.6. The summed E-state index contributed by atoms with van der Waals surface area (Å²) in [7, 11) is -3.32. The van der Waals surface area contributed by atoms with E-state index >= 15 is 0 Å². The number of morpholine rings is 1. The summed E-state index contributed by atoms with van der Waals surface area (Å²) in [5, 5.41) is 8.42. The van der Waals surface area contributed by atoms with Crippen molar-refractivity contribution in [3.63, 3.8) is 0 Å². The van der Waals surface area contributed by atoms with Gasteiger partial charge in [-0.05, 0) is 5.56 Å². The minimum Gasteiger partial charge on any atom is -0.378 e. The molecule has 0 amide bonds. The lowest BCUT2D eigenvalue weighted by molar-refractivity contribution is 0.122. The Bertz CT molecular complexity index is 879. The molecule has 9 heteroatoms. The van der Waals surface area contributed by atoms with Gasteiger partial charge in [-0.1, -0.05) is 30.3 Å². The average Bonchev–Trinajstić information content (AvgIpc) is 2.75. The number of benzene rings is 1. The van der Waals surface area contributed by atoms with Crippen LogP contribution >= 0.6 is 0 Å². The summed E-state index contributed by atoms with van der Waals surface area (Å²) in [6.45, 7) is 5.25. The van der Waals surface area contributed by atoms with Gasteiger partial charge in [-0.15, -0.1) is 5.10 Å². The van der Waals surface area contributed by atoms with Gasteiger partial charge in [0.2, 0.25) is 10.0 Å². The SMILES string of the molecule is O=S(=O)(Cc1ccccc1)N1CCN(c2cc(N3CCOCC3)cnn2)CC1. The maximum atomic E-state index is 12.7. The Balaban J connectivity index is 1.39. The van der Waals surface area contributed by atoms with Crippen LogP contribution < -0.4 is 9.80 Å². The second-order valence-electron chi connectivity index (χ2n) is 7.00. The van der Waals surface area contributed by atoms with Crippen molar-refractivity contribution >= 4 is 21.5 Å². The van der Waals surface area contributed by atoms with E-state index in [-0.39, 0.29) is 5.75 Å². The molecule has 2 aliphatic heterocycles. The molecule has 4 rings (SSSR count). The number of nitrogens with zero attached hydrogens (tertiary/aromatic N) is 5. The van der Waals surface area contributed by atoms with E-state index in [9.17, 15) is 8.42 Å². The van der Waals surface area contributed by atoms with Crippen LogP contribution in [0.2, 0.25) is 0 Å². The predicted octanol–water partition coefficient (Wildman–Crippen LogP) is 0.965. The first-order chi connectivity index (χ1) is 13.6. The van der Waals surface area contributed by atoms with E-state index in [4.69, 9.17) is 4.74 Å². The third-order valence-corrected chi connectivity index (χ3v) is 7.00. The number of sulfonamides is 1. The molecule has 28 heavy (non-hydrogen) atoms. The second kappa shape index (κ2) is 8.42. The van der Waals surface area contributed by atoms with E-state index in [0.29, 0.717) is 26.2 Å². The number of hydrogen-bond donors (Lipinski definition) is 0. The molecule has 1 aromatic carbocycles. The van der Waals surface area contributed by atoms with E-state index in [0.717, 1.165) is 43.4 Å². The van der Waals surface area contributed by atoms with Gasteiger partial charge in [0, 0.05) is 45.3 Å². The minimum absolute atomic E-state index is 0.0418. The van der Waals surface area contributed by atoms with Gasteiger partial charge in [0.25, 0.3) is 0 Å². The Labute approximate surface area is 165 Å². The zero-order valence-electron chi connectivity index (χ0n) is 15.8. The smallest absolute Gasteiger partial charge is 0.218 e. The highest BCUT2D eigenvalue weighted by molar-refractivity contribution is 7.88. The summed E-state index contributed by atoms with van der Waals surface area (Å²) in [4.78, 5) is 4.34. The van der Waals surface area contributed by atoms with Gasteiger partial charge in [0.15, 0.2) is 5.82 Å². The van der Waals surface area contributed by atoms with E-state index in [1.807, 2.05) is 36.4 Å². The number of anilines is 2. The fourth-order valence-corrected chi connectivity index (χ4v) is 5.08. The van der Waals surface area contributed by atoms with Gasteiger partial charge in [0.05, 0.1) is 30.9 Å². The number of hydrogen-bond acceptors (Lipinski definition) is 7. The number of ether oxygens (including phenoxy) is 1. The van der Waals surface area contributed by atoms with Crippen molar-refractivity contribution in [1.29, 1.82) is 0 Å². The Hall–Kier alpha value is -2.23. The summed E-state index contributed by atoms with van der Waals surface area (Å²) >= 11 is 0. The number of aromatic nitrogens is 2. The lowest BCUT2D eigenvalue weighted by atomic mass is 10.2. The van der Waals surface area contributed by atoms with E-state index in [1.165, 1.54) is 0 Å². The van der Waals surface area contributed by atoms with E-state index < -0.39 is 10.0 Å². The Morgan fingerprint density at radius 2 is 1.64 bits per heavy atom. The van der Waals surface area contributed by atoms with Crippen molar-refractivity contribution in [2.75, 3.05) is 62.3 Å². The van der Waals surface area contributed by atoms with Crippen LogP contribution in [-0.2, 0) is 20.5 Å². The molecule has 8 nitrogen and oxygen atoms in total. The van der Waals surface area contributed by atoms with Gasteiger partial charge >= 0.3 is 0 Å². The van der Waals surface area contributed by atoms with Gasteiger partial charge in [-0.25, -0.2) is 8.42 Å². The van der Waals surface area contributed by atoms with Crippen LogP contribution in [0.3, 0.4) is 0 Å². The van der Waals surface area contributed by atoms with E-state index in [2.05, 4.69) is 20.0 Å². The molecule has 3 heterocycles. The molecule has 0 unspecified atom stereocenters. The van der Waals surface area contributed by atoms with Crippen molar-refractivity contribution in [2.45, 2.75) is 5.75 Å². The first-order valence-electron chi connectivity index (χ1n) is 9.54. The van der Waals surface area contributed by atoms with Crippen molar-refractivity contribution in [3.8, 4) is 0 Å². The maximum absolute atomic E-state index is 12.7. The van der Waals surface area contributed by atoms with Gasteiger partial charge < -0.3 is 14.5 Å². The molecule has 2 saturated heterocycles. The molecule has 1 aromatic heterocycles. The van der Waals surface area contributed by atoms with Gasteiger partial charge in [-0.3, -0.25) is 0 Å². The normalized spacial score (nSPS) is 19.0. The van der Waals surface area contributed by atoms with Crippen LogP contribution in [0.1, 0.15) is 5.56 Å². The summed E-state index contributed by atoms with van der Waals surface area (Å²) in [6, 6.07) is 11.3. The Kier molecular flexibility index (Phi) is 5.74. The topological polar surface area (TPSA) is 78.9 Å². The summed E-state index contributed by atoms with van der Waals surface area (Å²) < 4.78 is 32.4. The third-order valence-electron chi connectivity index (χ3n) is 5.15. The molecule has 150 valence electrons. The standard InChI is InChI=1S/C19H25N5O3S/c25-28(26,16-17-4-2-1-3-5-17)24-8-6-23(7-9-24)19-14-18(15-20-21-19)22-10-12-27-13-11-22/h1-5,14-15H,6-13,16H2. The molecule has 0 bridgehead atoms. The highest BCUT2D eigenvalue weighted by Crippen LogP contribution is 2.22.